The molecule has 0 aliphatic carbocycles. The third-order valence-corrected chi connectivity index (χ3v) is 3.70. The van der Waals surface area contributed by atoms with Gasteiger partial charge in [-0.25, -0.2) is 4.98 Å². The Hall–Kier alpha value is -1.71. The molecule has 1 heterocycles. The van der Waals surface area contributed by atoms with E-state index in [4.69, 9.17) is 23.2 Å². The van der Waals surface area contributed by atoms with Crippen molar-refractivity contribution in [1.82, 2.24) is 9.97 Å². The van der Waals surface area contributed by atoms with Gasteiger partial charge in [0.1, 0.15) is 5.82 Å². The second kappa shape index (κ2) is 4.76. The van der Waals surface area contributed by atoms with Crippen molar-refractivity contribution in [2.24, 2.45) is 0 Å². The van der Waals surface area contributed by atoms with Gasteiger partial charge in [0.25, 0.3) is 0 Å². The number of anilines is 1. The fourth-order valence-corrected chi connectivity index (χ4v) is 2.36. The van der Waals surface area contributed by atoms with Crippen LogP contribution in [0.1, 0.15) is 0 Å². The Kier molecular flexibility index (Phi) is 3.09. The predicted octanol–water partition coefficient (Wildman–Crippen LogP) is 4.58. The topological polar surface area (TPSA) is 40.7 Å². The molecule has 96 valence electrons. The molecule has 3 nitrogen and oxygen atoms in total. The Morgan fingerprint density at radius 1 is 1.11 bits per heavy atom. The Morgan fingerprint density at radius 2 is 1.84 bits per heavy atom. The van der Waals surface area contributed by atoms with Gasteiger partial charge < -0.3 is 10.3 Å². The van der Waals surface area contributed by atoms with Crippen molar-refractivity contribution in [3.63, 3.8) is 0 Å². The van der Waals surface area contributed by atoms with E-state index in [2.05, 4.69) is 15.3 Å². The van der Waals surface area contributed by atoms with Crippen LogP contribution < -0.4 is 5.32 Å². The first-order valence-electron chi connectivity index (χ1n) is 5.81. The zero-order valence-corrected chi connectivity index (χ0v) is 11.7. The average molecular weight is 292 g/mol. The van der Waals surface area contributed by atoms with Gasteiger partial charge in [0.05, 0.1) is 21.1 Å². The van der Waals surface area contributed by atoms with E-state index in [9.17, 15) is 0 Å². The number of benzene rings is 2. The minimum atomic E-state index is 0.508. The standard InChI is InChI=1S/C14H11Cl2N3/c1-17-11-5-3-2-4-8(11)14-18-12-6-9(15)10(16)7-13(12)19-14/h2-7,17H,1H3,(H,18,19). The highest BCUT2D eigenvalue weighted by Crippen LogP contribution is 2.31. The van der Waals surface area contributed by atoms with Crippen molar-refractivity contribution in [2.45, 2.75) is 0 Å². The SMILES string of the molecule is CNc1ccccc1-c1nc2cc(Cl)c(Cl)cc2[nH]1. The Balaban J connectivity index is 2.20. The lowest BCUT2D eigenvalue weighted by atomic mass is 10.1. The largest absolute Gasteiger partial charge is 0.388 e. The van der Waals surface area contributed by atoms with Crippen LogP contribution in [0.4, 0.5) is 5.69 Å². The number of aromatic amines is 1. The Labute approximate surface area is 120 Å². The van der Waals surface area contributed by atoms with Gasteiger partial charge in [-0.1, -0.05) is 35.3 Å². The van der Waals surface area contributed by atoms with Crippen molar-refractivity contribution in [3.8, 4) is 11.4 Å². The molecule has 0 aliphatic heterocycles. The molecule has 0 saturated carbocycles. The van der Waals surface area contributed by atoms with E-state index >= 15 is 0 Å². The summed E-state index contributed by atoms with van der Waals surface area (Å²) in [6.07, 6.45) is 0. The second-order valence-electron chi connectivity index (χ2n) is 4.16. The summed E-state index contributed by atoms with van der Waals surface area (Å²) in [7, 11) is 1.88. The smallest absolute Gasteiger partial charge is 0.140 e. The molecule has 2 N–H and O–H groups in total. The summed E-state index contributed by atoms with van der Waals surface area (Å²) in [5, 5.41) is 4.18. The van der Waals surface area contributed by atoms with Gasteiger partial charge in [0, 0.05) is 18.3 Å². The van der Waals surface area contributed by atoms with Crippen molar-refractivity contribution in [3.05, 3.63) is 46.4 Å². The van der Waals surface area contributed by atoms with E-state index in [1.165, 1.54) is 0 Å². The number of nitrogens with one attached hydrogen (secondary N) is 2. The van der Waals surface area contributed by atoms with Crippen LogP contribution in [0.2, 0.25) is 10.0 Å². The maximum Gasteiger partial charge on any atom is 0.140 e. The number of aromatic nitrogens is 2. The number of nitrogens with zero attached hydrogens (tertiary/aromatic N) is 1. The first kappa shape index (κ1) is 12.3. The molecule has 0 unspecified atom stereocenters. The molecule has 0 saturated heterocycles. The van der Waals surface area contributed by atoms with E-state index < -0.39 is 0 Å². The number of rotatable bonds is 2. The highest BCUT2D eigenvalue weighted by Gasteiger charge is 2.10. The van der Waals surface area contributed by atoms with Crippen LogP contribution in [0, 0.1) is 0 Å². The van der Waals surface area contributed by atoms with Crippen molar-refractivity contribution in [1.29, 1.82) is 0 Å². The maximum atomic E-state index is 6.01. The number of halogens is 2. The van der Waals surface area contributed by atoms with Crippen LogP contribution >= 0.6 is 23.2 Å². The molecule has 0 atom stereocenters. The summed E-state index contributed by atoms with van der Waals surface area (Å²) in [5.41, 5.74) is 3.69. The number of imidazole rings is 1. The van der Waals surface area contributed by atoms with Gasteiger partial charge in [-0.05, 0) is 24.3 Å². The molecule has 0 aliphatic rings. The molecule has 3 aromatic rings. The number of hydrogen-bond donors (Lipinski definition) is 2. The van der Waals surface area contributed by atoms with E-state index in [0.29, 0.717) is 10.0 Å². The van der Waals surface area contributed by atoms with Crippen molar-refractivity contribution in [2.75, 3.05) is 12.4 Å². The minimum absolute atomic E-state index is 0.508. The molecule has 0 bridgehead atoms. The predicted molar refractivity (Wildman–Crippen MR) is 81.1 cm³/mol. The van der Waals surface area contributed by atoms with Crippen molar-refractivity contribution < 1.29 is 0 Å². The third-order valence-electron chi connectivity index (χ3n) is 2.98. The zero-order valence-electron chi connectivity index (χ0n) is 10.2. The Bertz CT molecular complexity index is 711. The van der Waals surface area contributed by atoms with Gasteiger partial charge in [-0.3, -0.25) is 0 Å². The highest BCUT2D eigenvalue weighted by molar-refractivity contribution is 6.42. The van der Waals surface area contributed by atoms with Gasteiger partial charge in [-0.15, -0.1) is 0 Å². The fraction of sp³-hybridized carbons (Fsp3) is 0.0714. The monoisotopic (exact) mass is 291 g/mol. The normalized spacial score (nSPS) is 10.9. The number of H-pyrrole nitrogens is 1. The van der Waals surface area contributed by atoms with Crippen LogP contribution in [0.25, 0.3) is 22.4 Å². The summed E-state index contributed by atoms with van der Waals surface area (Å²) in [5.74, 6) is 0.790. The van der Waals surface area contributed by atoms with Gasteiger partial charge in [0.2, 0.25) is 0 Å². The molecule has 5 heteroatoms. The fourth-order valence-electron chi connectivity index (χ4n) is 2.04. The molecule has 0 amide bonds. The summed E-state index contributed by atoms with van der Waals surface area (Å²) in [6.45, 7) is 0. The quantitative estimate of drug-likeness (QED) is 0.726. The molecule has 0 radical (unpaired) electrons. The van der Waals surface area contributed by atoms with Gasteiger partial charge >= 0.3 is 0 Å². The molecular formula is C14H11Cl2N3. The molecule has 0 fully saturated rings. The van der Waals surface area contributed by atoms with Gasteiger partial charge in [0.15, 0.2) is 0 Å². The third kappa shape index (κ3) is 2.15. The summed E-state index contributed by atoms with van der Waals surface area (Å²) in [4.78, 5) is 7.82. The van der Waals surface area contributed by atoms with Crippen LogP contribution in [-0.2, 0) is 0 Å². The van der Waals surface area contributed by atoms with E-state index in [1.54, 1.807) is 12.1 Å². The number of fused-ring (bicyclic) bond motifs is 1. The first-order valence-corrected chi connectivity index (χ1v) is 6.56. The average Bonchev–Trinajstić information content (AvgIpc) is 2.82. The lowest BCUT2D eigenvalue weighted by molar-refractivity contribution is 1.33. The highest BCUT2D eigenvalue weighted by atomic mass is 35.5. The van der Waals surface area contributed by atoms with E-state index in [1.807, 2.05) is 31.3 Å². The molecule has 1 aromatic heterocycles. The molecule has 0 spiro atoms. The maximum absolute atomic E-state index is 6.01. The van der Waals surface area contributed by atoms with Crippen LogP contribution in [0.3, 0.4) is 0 Å². The number of hydrogen-bond acceptors (Lipinski definition) is 2. The summed E-state index contributed by atoms with van der Waals surface area (Å²) >= 11 is 12.0. The van der Waals surface area contributed by atoms with Gasteiger partial charge in [-0.2, -0.15) is 0 Å². The van der Waals surface area contributed by atoms with E-state index in [0.717, 1.165) is 28.1 Å². The second-order valence-corrected chi connectivity index (χ2v) is 4.98. The van der Waals surface area contributed by atoms with Crippen LogP contribution in [0.15, 0.2) is 36.4 Å². The van der Waals surface area contributed by atoms with Crippen LogP contribution in [-0.4, -0.2) is 17.0 Å². The number of para-hydroxylation sites is 1. The zero-order chi connectivity index (χ0) is 13.4. The molecule has 19 heavy (non-hydrogen) atoms. The summed E-state index contributed by atoms with van der Waals surface area (Å²) < 4.78 is 0. The summed E-state index contributed by atoms with van der Waals surface area (Å²) in [6, 6.07) is 11.5. The molecular weight excluding hydrogens is 281 g/mol. The minimum Gasteiger partial charge on any atom is -0.388 e. The Morgan fingerprint density at radius 3 is 2.63 bits per heavy atom. The lowest BCUT2D eigenvalue weighted by Gasteiger charge is -2.05. The van der Waals surface area contributed by atoms with E-state index in [-0.39, 0.29) is 0 Å². The van der Waals surface area contributed by atoms with Crippen molar-refractivity contribution >= 4 is 39.9 Å². The first-order chi connectivity index (χ1) is 9.19. The lowest BCUT2D eigenvalue weighted by Crippen LogP contribution is -1.92. The molecule has 3 rings (SSSR count). The van der Waals surface area contributed by atoms with Crippen LogP contribution in [0.5, 0.6) is 0 Å². The molecule has 2 aromatic carbocycles.